The average Bonchev–Trinajstić information content (AvgIpc) is 3.27. The summed E-state index contributed by atoms with van der Waals surface area (Å²) in [4.78, 5) is 23.6. The van der Waals surface area contributed by atoms with Gasteiger partial charge < -0.3 is 15.5 Å². The highest BCUT2D eigenvalue weighted by Gasteiger charge is 2.33. The first-order chi connectivity index (χ1) is 14.8. The maximum atomic E-state index is 13.0. The lowest BCUT2D eigenvalue weighted by Crippen LogP contribution is -2.29. The van der Waals surface area contributed by atoms with Crippen LogP contribution in [0.25, 0.3) is 10.9 Å². The summed E-state index contributed by atoms with van der Waals surface area (Å²) in [6.45, 7) is 1.84. The molecule has 0 aliphatic carbocycles. The number of alkyl halides is 3. The molecular weight excluding hydrogens is 431 g/mol. The zero-order valence-electron chi connectivity index (χ0n) is 16.3. The van der Waals surface area contributed by atoms with Crippen molar-refractivity contribution in [3.05, 3.63) is 58.9 Å². The SMILES string of the molecule is O=C(NCc1nc(N2CCCC2)c2ccccc2n1)Nc1ccc(Cl)c(C(F)(F)F)c1. The third kappa shape index (κ3) is 4.82. The fourth-order valence-electron chi connectivity index (χ4n) is 3.51. The Labute approximate surface area is 181 Å². The number of amides is 2. The minimum Gasteiger partial charge on any atom is -0.356 e. The number of nitrogens with one attached hydrogen (secondary N) is 2. The maximum absolute atomic E-state index is 13.0. The van der Waals surface area contributed by atoms with Crippen LogP contribution in [-0.4, -0.2) is 29.1 Å². The van der Waals surface area contributed by atoms with Crippen molar-refractivity contribution in [3.63, 3.8) is 0 Å². The van der Waals surface area contributed by atoms with E-state index in [1.807, 2.05) is 24.3 Å². The van der Waals surface area contributed by atoms with Gasteiger partial charge in [-0.05, 0) is 43.2 Å². The second-order valence-electron chi connectivity index (χ2n) is 7.17. The van der Waals surface area contributed by atoms with Gasteiger partial charge in [-0.3, -0.25) is 0 Å². The van der Waals surface area contributed by atoms with Gasteiger partial charge in [0.15, 0.2) is 5.82 Å². The number of urea groups is 1. The van der Waals surface area contributed by atoms with E-state index in [1.54, 1.807) is 0 Å². The number of para-hydroxylation sites is 1. The van der Waals surface area contributed by atoms with Gasteiger partial charge in [0.1, 0.15) is 5.82 Å². The first kappa shape index (κ1) is 21.2. The fourth-order valence-corrected chi connectivity index (χ4v) is 3.74. The molecule has 2 N–H and O–H groups in total. The number of carbonyl (C=O) groups excluding carboxylic acids is 1. The van der Waals surface area contributed by atoms with E-state index in [1.165, 1.54) is 6.07 Å². The second kappa shape index (κ2) is 8.58. The monoisotopic (exact) mass is 449 g/mol. The zero-order chi connectivity index (χ0) is 22.0. The molecule has 0 radical (unpaired) electrons. The van der Waals surface area contributed by atoms with Gasteiger partial charge in [0.2, 0.25) is 0 Å². The number of nitrogens with zero attached hydrogens (tertiary/aromatic N) is 3. The first-order valence-electron chi connectivity index (χ1n) is 9.73. The lowest BCUT2D eigenvalue weighted by atomic mass is 10.2. The molecular formula is C21H19ClF3N5O. The number of fused-ring (bicyclic) bond motifs is 1. The van der Waals surface area contributed by atoms with Gasteiger partial charge >= 0.3 is 12.2 Å². The summed E-state index contributed by atoms with van der Waals surface area (Å²) in [6, 6.07) is 10.2. The van der Waals surface area contributed by atoms with Gasteiger partial charge in [0.25, 0.3) is 0 Å². The second-order valence-corrected chi connectivity index (χ2v) is 7.58. The van der Waals surface area contributed by atoms with Crippen LogP contribution < -0.4 is 15.5 Å². The van der Waals surface area contributed by atoms with E-state index in [4.69, 9.17) is 11.6 Å². The molecule has 1 aromatic heterocycles. The van der Waals surface area contributed by atoms with Crippen molar-refractivity contribution in [2.24, 2.45) is 0 Å². The van der Waals surface area contributed by atoms with Crippen LogP contribution in [0.2, 0.25) is 5.02 Å². The highest BCUT2D eigenvalue weighted by Crippen LogP contribution is 2.36. The van der Waals surface area contributed by atoms with Gasteiger partial charge in [-0.25, -0.2) is 14.8 Å². The largest absolute Gasteiger partial charge is 0.417 e. The summed E-state index contributed by atoms with van der Waals surface area (Å²) in [7, 11) is 0. The maximum Gasteiger partial charge on any atom is 0.417 e. The number of carbonyl (C=O) groups is 1. The molecule has 1 aliphatic heterocycles. The summed E-state index contributed by atoms with van der Waals surface area (Å²) in [5.74, 6) is 1.25. The molecule has 1 saturated heterocycles. The third-order valence-corrected chi connectivity index (χ3v) is 5.30. The molecule has 10 heteroatoms. The number of anilines is 2. The Morgan fingerprint density at radius 1 is 1.10 bits per heavy atom. The highest BCUT2D eigenvalue weighted by molar-refractivity contribution is 6.31. The van der Waals surface area contributed by atoms with Crippen molar-refractivity contribution < 1.29 is 18.0 Å². The Balaban J connectivity index is 1.49. The van der Waals surface area contributed by atoms with E-state index in [-0.39, 0.29) is 12.2 Å². The molecule has 2 amide bonds. The van der Waals surface area contributed by atoms with Crippen LogP contribution in [-0.2, 0) is 12.7 Å². The summed E-state index contributed by atoms with van der Waals surface area (Å²) < 4.78 is 39.0. The quantitative estimate of drug-likeness (QED) is 0.572. The van der Waals surface area contributed by atoms with Crippen molar-refractivity contribution in [3.8, 4) is 0 Å². The van der Waals surface area contributed by atoms with Crippen molar-refractivity contribution in [2.75, 3.05) is 23.3 Å². The number of rotatable bonds is 4. The smallest absolute Gasteiger partial charge is 0.356 e. The molecule has 4 rings (SSSR count). The highest BCUT2D eigenvalue weighted by atomic mass is 35.5. The summed E-state index contributed by atoms with van der Waals surface area (Å²) in [6.07, 6.45) is -2.43. The average molecular weight is 450 g/mol. The van der Waals surface area contributed by atoms with Gasteiger partial charge in [-0.15, -0.1) is 0 Å². The van der Waals surface area contributed by atoms with Gasteiger partial charge in [-0.2, -0.15) is 13.2 Å². The number of hydrogen-bond donors (Lipinski definition) is 2. The van der Waals surface area contributed by atoms with E-state index in [0.29, 0.717) is 5.82 Å². The molecule has 0 saturated carbocycles. The third-order valence-electron chi connectivity index (χ3n) is 4.97. The summed E-state index contributed by atoms with van der Waals surface area (Å²) in [5.41, 5.74) is -0.268. The van der Waals surface area contributed by atoms with Crippen molar-refractivity contribution in [2.45, 2.75) is 25.6 Å². The van der Waals surface area contributed by atoms with Crippen LogP contribution in [0.15, 0.2) is 42.5 Å². The molecule has 0 spiro atoms. The lowest BCUT2D eigenvalue weighted by molar-refractivity contribution is -0.137. The molecule has 0 atom stereocenters. The van der Waals surface area contributed by atoms with E-state index in [9.17, 15) is 18.0 Å². The molecule has 6 nitrogen and oxygen atoms in total. The van der Waals surface area contributed by atoms with E-state index in [2.05, 4.69) is 25.5 Å². The van der Waals surface area contributed by atoms with Crippen LogP contribution in [0.1, 0.15) is 24.2 Å². The zero-order valence-corrected chi connectivity index (χ0v) is 17.1. The summed E-state index contributed by atoms with van der Waals surface area (Å²) in [5, 5.41) is 5.49. The topological polar surface area (TPSA) is 70.2 Å². The van der Waals surface area contributed by atoms with Crippen LogP contribution in [0.5, 0.6) is 0 Å². The standard InChI is InChI=1S/C21H19ClF3N5O/c22-16-8-7-13(11-15(16)21(23,24)25)27-20(31)26-12-18-28-17-6-2-1-5-14(17)19(29-18)30-9-3-4-10-30/h1-2,5-8,11H,3-4,9-10,12H2,(H2,26,27,31). The Hall–Kier alpha value is -3.07. The van der Waals surface area contributed by atoms with Gasteiger partial charge in [0, 0.05) is 24.2 Å². The molecule has 0 bridgehead atoms. The van der Waals surface area contributed by atoms with Gasteiger partial charge in [-0.1, -0.05) is 23.7 Å². The minimum atomic E-state index is -4.61. The number of halogens is 4. The summed E-state index contributed by atoms with van der Waals surface area (Å²) >= 11 is 5.61. The van der Waals surface area contributed by atoms with Gasteiger partial charge in [0.05, 0.1) is 22.6 Å². The minimum absolute atomic E-state index is 0.0218. The Bertz CT molecular complexity index is 1120. The van der Waals surface area contributed by atoms with Crippen LogP contribution in [0.4, 0.5) is 29.5 Å². The Morgan fingerprint density at radius 2 is 1.84 bits per heavy atom. The first-order valence-corrected chi connectivity index (χ1v) is 10.1. The predicted molar refractivity (Wildman–Crippen MR) is 113 cm³/mol. The number of aromatic nitrogens is 2. The van der Waals surface area contributed by atoms with Crippen LogP contribution in [0, 0.1) is 0 Å². The van der Waals surface area contributed by atoms with E-state index >= 15 is 0 Å². The predicted octanol–water partition coefficient (Wildman–Crippen LogP) is 5.22. The van der Waals surface area contributed by atoms with E-state index < -0.39 is 22.8 Å². The van der Waals surface area contributed by atoms with Crippen LogP contribution in [0.3, 0.4) is 0 Å². The Morgan fingerprint density at radius 3 is 2.58 bits per heavy atom. The van der Waals surface area contributed by atoms with Crippen molar-refractivity contribution >= 4 is 40.0 Å². The normalized spacial score (nSPS) is 14.1. The molecule has 162 valence electrons. The number of benzene rings is 2. The molecule has 2 aromatic carbocycles. The van der Waals surface area contributed by atoms with Crippen molar-refractivity contribution in [1.29, 1.82) is 0 Å². The van der Waals surface area contributed by atoms with Crippen molar-refractivity contribution in [1.82, 2.24) is 15.3 Å². The molecule has 1 fully saturated rings. The molecule has 3 aromatic rings. The molecule has 0 unspecified atom stereocenters. The fraction of sp³-hybridized carbons (Fsp3) is 0.286. The molecule has 2 heterocycles. The van der Waals surface area contributed by atoms with Crippen LogP contribution >= 0.6 is 11.6 Å². The lowest BCUT2D eigenvalue weighted by Gasteiger charge is -2.19. The molecule has 1 aliphatic rings. The van der Waals surface area contributed by atoms with E-state index in [0.717, 1.165) is 54.8 Å². The molecule has 31 heavy (non-hydrogen) atoms. The Kier molecular flexibility index (Phi) is 5.86. The number of hydrogen-bond acceptors (Lipinski definition) is 4.